The molecular formula is C12H14N2O3S. The van der Waals surface area contributed by atoms with Crippen LogP contribution in [-0.4, -0.2) is 20.9 Å². The molecule has 2 rings (SSSR count). The predicted octanol–water partition coefficient (Wildman–Crippen LogP) is 0.970. The number of amides is 1. The molecule has 1 aromatic carbocycles. The van der Waals surface area contributed by atoms with E-state index in [1.165, 1.54) is 23.1 Å². The molecule has 1 aromatic rings. The van der Waals surface area contributed by atoms with E-state index in [1.54, 1.807) is 6.07 Å². The third-order valence-electron chi connectivity index (χ3n) is 3.05. The first kappa shape index (κ1) is 12.8. The minimum Gasteiger partial charge on any atom is -0.308 e. The van der Waals surface area contributed by atoms with Gasteiger partial charge in [-0.05, 0) is 23.8 Å². The molecular weight excluding hydrogens is 252 g/mol. The summed E-state index contributed by atoms with van der Waals surface area (Å²) < 4.78 is 22.6. The van der Waals surface area contributed by atoms with Gasteiger partial charge in [0.15, 0.2) is 0 Å². The number of rotatable bonds is 2. The Balaban J connectivity index is 2.57. The summed E-state index contributed by atoms with van der Waals surface area (Å²) >= 11 is 0. The van der Waals surface area contributed by atoms with Crippen molar-refractivity contribution in [3.63, 3.8) is 0 Å². The number of hydrogen-bond acceptors (Lipinski definition) is 3. The largest absolute Gasteiger partial charge is 0.308 e. The van der Waals surface area contributed by atoms with Gasteiger partial charge in [-0.3, -0.25) is 4.79 Å². The van der Waals surface area contributed by atoms with Gasteiger partial charge < -0.3 is 4.90 Å². The van der Waals surface area contributed by atoms with Crippen LogP contribution in [0.15, 0.2) is 35.7 Å². The van der Waals surface area contributed by atoms with Crippen LogP contribution in [0.1, 0.15) is 18.4 Å². The van der Waals surface area contributed by atoms with Crippen molar-refractivity contribution in [1.82, 2.24) is 0 Å². The lowest BCUT2D eigenvalue weighted by molar-refractivity contribution is -0.114. The van der Waals surface area contributed by atoms with E-state index in [1.807, 2.05) is 6.92 Å². The van der Waals surface area contributed by atoms with Crippen LogP contribution >= 0.6 is 0 Å². The zero-order valence-corrected chi connectivity index (χ0v) is 10.8. The Morgan fingerprint density at radius 1 is 1.56 bits per heavy atom. The highest BCUT2D eigenvalue weighted by Crippen LogP contribution is 2.37. The maximum Gasteiger partial charge on any atom is 0.250 e. The molecule has 0 saturated carbocycles. The Morgan fingerprint density at radius 3 is 2.78 bits per heavy atom. The number of benzene rings is 1. The van der Waals surface area contributed by atoms with Gasteiger partial charge in [0.05, 0.1) is 4.90 Å². The lowest BCUT2D eigenvalue weighted by atomic mass is 10.0. The molecule has 1 amide bonds. The molecule has 2 N–H and O–H groups in total. The Labute approximate surface area is 106 Å². The van der Waals surface area contributed by atoms with Crippen molar-refractivity contribution in [2.75, 3.05) is 11.4 Å². The average molecular weight is 266 g/mol. The second-order valence-corrected chi connectivity index (χ2v) is 5.88. The molecule has 18 heavy (non-hydrogen) atoms. The summed E-state index contributed by atoms with van der Waals surface area (Å²) in [5.74, 6) is -0.0782. The number of hydrogen-bond donors (Lipinski definition) is 1. The van der Waals surface area contributed by atoms with E-state index in [0.717, 1.165) is 5.56 Å². The standard InChI is InChI=1S/C12H14N2O3S/c1-3-12(15)14-7-8(2)10-5-4-9(6-11(10)14)18(13,16)17/h3-6,8H,1,7H2,2H3,(H2,13,16,17). The van der Waals surface area contributed by atoms with Gasteiger partial charge in [-0.25, -0.2) is 13.6 Å². The van der Waals surface area contributed by atoms with E-state index in [4.69, 9.17) is 5.14 Å². The molecule has 1 heterocycles. The summed E-state index contributed by atoms with van der Waals surface area (Å²) in [5.41, 5.74) is 1.54. The highest BCUT2D eigenvalue weighted by molar-refractivity contribution is 7.89. The number of fused-ring (bicyclic) bond motifs is 1. The number of carbonyl (C=O) groups excluding carboxylic acids is 1. The molecule has 0 aliphatic carbocycles. The van der Waals surface area contributed by atoms with Crippen molar-refractivity contribution in [3.05, 3.63) is 36.4 Å². The number of carbonyl (C=O) groups is 1. The molecule has 0 spiro atoms. The van der Waals surface area contributed by atoms with Crippen molar-refractivity contribution in [2.24, 2.45) is 5.14 Å². The third kappa shape index (κ3) is 2.04. The van der Waals surface area contributed by atoms with Crippen molar-refractivity contribution in [2.45, 2.75) is 17.7 Å². The summed E-state index contributed by atoms with van der Waals surface area (Å²) in [6.45, 7) is 5.94. The zero-order chi connectivity index (χ0) is 13.5. The highest BCUT2D eigenvalue weighted by Gasteiger charge is 2.29. The van der Waals surface area contributed by atoms with Crippen LogP contribution in [0.5, 0.6) is 0 Å². The predicted molar refractivity (Wildman–Crippen MR) is 68.8 cm³/mol. The van der Waals surface area contributed by atoms with Crippen molar-refractivity contribution in [1.29, 1.82) is 0 Å². The number of anilines is 1. The van der Waals surface area contributed by atoms with Crippen LogP contribution in [-0.2, 0) is 14.8 Å². The van der Waals surface area contributed by atoms with Gasteiger partial charge in [0.25, 0.3) is 0 Å². The van der Waals surface area contributed by atoms with Crippen LogP contribution in [0.4, 0.5) is 5.69 Å². The molecule has 1 atom stereocenters. The fraction of sp³-hybridized carbons (Fsp3) is 0.250. The minimum absolute atomic E-state index is 0.0113. The lowest BCUT2D eigenvalue weighted by Gasteiger charge is -2.15. The molecule has 6 heteroatoms. The van der Waals surface area contributed by atoms with Crippen molar-refractivity contribution >= 4 is 21.6 Å². The summed E-state index contributed by atoms with van der Waals surface area (Å²) in [5, 5.41) is 5.09. The molecule has 0 radical (unpaired) electrons. The highest BCUT2D eigenvalue weighted by atomic mass is 32.2. The molecule has 5 nitrogen and oxygen atoms in total. The molecule has 0 fully saturated rings. The summed E-state index contributed by atoms with van der Waals surface area (Å²) in [7, 11) is -3.76. The van der Waals surface area contributed by atoms with Crippen molar-refractivity contribution in [3.8, 4) is 0 Å². The normalized spacial score (nSPS) is 18.6. The van der Waals surface area contributed by atoms with Crippen LogP contribution in [0.2, 0.25) is 0 Å². The monoisotopic (exact) mass is 266 g/mol. The minimum atomic E-state index is -3.76. The third-order valence-corrected chi connectivity index (χ3v) is 3.96. The SMILES string of the molecule is C=CC(=O)N1CC(C)c2ccc(S(N)(=O)=O)cc21. The maximum atomic E-state index is 11.7. The van der Waals surface area contributed by atoms with E-state index in [9.17, 15) is 13.2 Å². The summed E-state index contributed by atoms with van der Waals surface area (Å²) in [6.07, 6.45) is 1.21. The Morgan fingerprint density at radius 2 is 2.22 bits per heavy atom. The van der Waals surface area contributed by atoms with Gasteiger partial charge in [-0.15, -0.1) is 0 Å². The molecule has 0 saturated heterocycles. The molecule has 0 aromatic heterocycles. The fourth-order valence-corrected chi connectivity index (χ4v) is 2.67. The van der Waals surface area contributed by atoms with Gasteiger partial charge in [0.1, 0.15) is 0 Å². The van der Waals surface area contributed by atoms with Gasteiger partial charge in [-0.1, -0.05) is 19.6 Å². The number of primary sulfonamides is 1. The average Bonchev–Trinajstić information content (AvgIpc) is 2.64. The van der Waals surface area contributed by atoms with Crippen molar-refractivity contribution < 1.29 is 13.2 Å². The van der Waals surface area contributed by atoms with E-state index >= 15 is 0 Å². The molecule has 96 valence electrons. The van der Waals surface area contributed by atoms with Gasteiger partial charge in [-0.2, -0.15) is 0 Å². The van der Waals surface area contributed by atoms with E-state index in [0.29, 0.717) is 12.2 Å². The van der Waals surface area contributed by atoms with E-state index < -0.39 is 10.0 Å². The second kappa shape index (κ2) is 4.22. The Kier molecular flexibility index (Phi) is 3.00. The first-order valence-electron chi connectivity index (χ1n) is 5.45. The summed E-state index contributed by atoms with van der Waals surface area (Å²) in [6, 6.07) is 4.61. The number of nitrogens with zero attached hydrogens (tertiary/aromatic N) is 1. The van der Waals surface area contributed by atoms with Crippen LogP contribution in [0, 0.1) is 0 Å². The summed E-state index contributed by atoms with van der Waals surface area (Å²) in [4.78, 5) is 13.2. The Hall–Kier alpha value is -1.66. The topological polar surface area (TPSA) is 80.5 Å². The molecule has 1 aliphatic rings. The van der Waals surface area contributed by atoms with Crippen LogP contribution in [0.25, 0.3) is 0 Å². The first-order chi connectivity index (χ1) is 8.34. The maximum absolute atomic E-state index is 11.7. The van der Waals surface area contributed by atoms with Gasteiger partial charge >= 0.3 is 0 Å². The van der Waals surface area contributed by atoms with Crippen LogP contribution < -0.4 is 10.0 Å². The fourth-order valence-electron chi connectivity index (χ4n) is 2.14. The number of sulfonamides is 1. The van der Waals surface area contributed by atoms with Gasteiger partial charge in [0, 0.05) is 18.2 Å². The smallest absolute Gasteiger partial charge is 0.250 e. The van der Waals surface area contributed by atoms with E-state index in [-0.39, 0.29) is 16.7 Å². The van der Waals surface area contributed by atoms with E-state index in [2.05, 4.69) is 6.58 Å². The first-order valence-corrected chi connectivity index (χ1v) is 7.00. The number of nitrogens with two attached hydrogens (primary N) is 1. The zero-order valence-electron chi connectivity index (χ0n) is 9.96. The lowest BCUT2D eigenvalue weighted by Crippen LogP contribution is -2.27. The second-order valence-electron chi connectivity index (χ2n) is 4.32. The van der Waals surface area contributed by atoms with Gasteiger partial charge in [0.2, 0.25) is 15.9 Å². The Bertz CT molecular complexity index is 622. The molecule has 1 unspecified atom stereocenters. The molecule has 0 bridgehead atoms. The van der Waals surface area contributed by atoms with Crippen LogP contribution in [0.3, 0.4) is 0 Å². The molecule has 1 aliphatic heterocycles. The quantitative estimate of drug-likeness (QED) is 0.810.